The Bertz CT molecular complexity index is 489. The first-order valence-corrected chi connectivity index (χ1v) is 7.51. The molecule has 0 N–H and O–H groups in total. The number of allylic oxidation sites excluding steroid dienone is 1. The molecule has 4 heteroatoms. The smallest absolute Gasteiger partial charge is 0.147 e. The summed E-state index contributed by atoms with van der Waals surface area (Å²) in [4.78, 5) is 0. The first-order valence-electron chi connectivity index (χ1n) is 5.45. The van der Waals surface area contributed by atoms with Crippen molar-refractivity contribution < 1.29 is 13.2 Å². The van der Waals surface area contributed by atoms with Gasteiger partial charge in [-0.3, -0.25) is 0 Å². The molecule has 0 spiro atoms. The Kier molecular flexibility index (Phi) is 4.75. The molecule has 3 nitrogen and oxygen atoms in total. The van der Waals surface area contributed by atoms with Crippen molar-refractivity contribution in [3.63, 3.8) is 0 Å². The van der Waals surface area contributed by atoms with Gasteiger partial charge in [0, 0.05) is 6.26 Å². The van der Waals surface area contributed by atoms with Gasteiger partial charge in [0.1, 0.15) is 15.6 Å². The molecule has 0 atom stereocenters. The number of ether oxygens (including phenoxy) is 1. The maximum absolute atomic E-state index is 10.9. The van der Waals surface area contributed by atoms with Gasteiger partial charge in [0.05, 0.1) is 12.4 Å². The molecule has 0 amide bonds. The van der Waals surface area contributed by atoms with E-state index in [0.29, 0.717) is 13.0 Å². The molecule has 1 rings (SSSR count). The molecule has 0 aromatic heterocycles. The van der Waals surface area contributed by atoms with Gasteiger partial charge in [-0.15, -0.1) is 0 Å². The lowest BCUT2D eigenvalue weighted by molar-refractivity contribution is 0.317. The molecule has 0 heterocycles. The zero-order valence-electron chi connectivity index (χ0n) is 10.3. The van der Waals surface area contributed by atoms with Crippen molar-refractivity contribution in [3.05, 3.63) is 36.4 Å². The summed E-state index contributed by atoms with van der Waals surface area (Å²) in [6.45, 7) is 6.20. The average Bonchev–Trinajstić information content (AvgIpc) is 2.23. The first kappa shape index (κ1) is 13.8. The second-order valence-electron chi connectivity index (χ2n) is 4.14. The van der Waals surface area contributed by atoms with E-state index in [1.165, 1.54) is 6.26 Å². The SMILES string of the molecule is C=C(C)c1cccc(OCCCS(C)(=O)=O)c1. The van der Waals surface area contributed by atoms with Gasteiger partial charge in [-0.1, -0.05) is 24.3 Å². The van der Waals surface area contributed by atoms with Crippen LogP contribution in [-0.2, 0) is 9.84 Å². The molecule has 0 saturated carbocycles. The minimum absolute atomic E-state index is 0.160. The second-order valence-corrected chi connectivity index (χ2v) is 6.40. The van der Waals surface area contributed by atoms with Crippen molar-refractivity contribution >= 4 is 15.4 Å². The van der Waals surface area contributed by atoms with Gasteiger partial charge in [0.2, 0.25) is 0 Å². The van der Waals surface area contributed by atoms with Gasteiger partial charge in [0.15, 0.2) is 0 Å². The molecule has 1 aromatic rings. The molecule has 0 radical (unpaired) electrons. The standard InChI is InChI=1S/C13H18O3S/c1-11(2)12-6-4-7-13(10-12)16-8-5-9-17(3,14)15/h4,6-7,10H,1,5,8-9H2,2-3H3. The van der Waals surface area contributed by atoms with E-state index >= 15 is 0 Å². The third kappa shape index (κ3) is 5.54. The van der Waals surface area contributed by atoms with Gasteiger partial charge in [-0.2, -0.15) is 0 Å². The highest BCUT2D eigenvalue weighted by molar-refractivity contribution is 7.90. The van der Waals surface area contributed by atoms with Crippen LogP contribution in [0.2, 0.25) is 0 Å². The zero-order chi connectivity index (χ0) is 12.9. The van der Waals surface area contributed by atoms with Crippen LogP contribution < -0.4 is 4.74 Å². The lowest BCUT2D eigenvalue weighted by Gasteiger charge is -2.07. The van der Waals surface area contributed by atoms with Gasteiger partial charge < -0.3 is 4.74 Å². The van der Waals surface area contributed by atoms with Crippen molar-refractivity contribution in [3.8, 4) is 5.75 Å². The van der Waals surface area contributed by atoms with Crippen LogP contribution in [0, 0.1) is 0 Å². The predicted octanol–water partition coefficient (Wildman–Crippen LogP) is 2.53. The Morgan fingerprint density at radius 2 is 2.12 bits per heavy atom. The van der Waals surface area contributed by atoms with Gasteiger partial charge >= 0.3 is 0 Å². The number of hydrogen-bond donors (Lipinski definition) is 0. The largest absolute Gasteiger partial charge is 0.494 e. The Balaban J connectivity index is 2.47. The molecule has 1 aromatic carbocycles. The summed E-state index contributed by atoms with van der Waals surface area (Å²) in [5, 5.41) is 0. The molecule has 94 valence electrons. The van der Waals surface area contributed by atoms with Crippen molar-refractivity contribution in [2.24, 2.45) is 0 Å². The van der Waals surface area contributed by atoms with Crippen LogP contribution in [0.1, 0.15) is 18.9 Å². The summed E-state index contributed by atoms with van der Waals surface area (Å²) in [7, 11) is -2.89. The van der Waals surface area contributed by atoms with E-state index in [0.717, 1.165) is 16.9 Å². The number of sulfone groups is 1. The van der Waals surface area contributed by atoms with Crippen molar-refractivity contribution in [2.75, 3.05) is 18.6 Å². The molecule has 0 aliphatic rings. The van der Waals surface area contributed by atoms with Crippen LogP contribution in [0.3, 0.4) is 0 Å². The highest BCUT2D eigenvalue weighted by Gasteiger charge is 2.02. The highest BCUT2D eigenvalue weighted by Crippen LogP contribution is 2.18. The quantitative estimate of drug-likeness (QED) is 0.733. The number of hydrogen-bond acceptors (Lipinski definition) is 3. The molecule has 0 unspecified atom stereocenters. The molecule has 0 bridgehead atoms. The highest BCUT2D eigenvalue weighted by atomic mass is 32.2. The lowest BCUT2D eigenvalue weighted by Crippen LogP contribution is -2.08. The monoisotopic (exact) mass is 254 g/mol. The van der Waals surface area contributed by atoms with Gasteiger partial charge in [0.25, 0.3) is 0 Å². The fraction of sp³-hybridized carbons (Fsp3) is 0.385. The van der Waals surface area contributed by atoms with Crippen molar-refractivity contribution in [2.45, 2.75) is 13.3 Å². The lowest BCUT2D eigenvalue weighted by atomic mass is 10.1. The first-order chi connectivity index (χ1) is 7.88. The molecular weight excluding hydrogens is 236 g/mol. The van der Waals surface area contributed by atoms with Crippen LogP contribution in [0.25, 0.3) is 5.57 Å². The molecular formula is C13H18O3S. The third-order valence-electron chi connectivity index (χ3n) is 2.26. The van der Waals surface area contributed by atoms with Crippen LogP contribution in [0.4, 0.5) is 0 Å². The van der Waals surface area contributed by atoms with E-state index in [-0.39, 0.29) is 5.75 Å². The van der Waals surface area contributed by atoms with E-state index in [2.05, 4.69) is 6.58 Å². The van der Waals surface area contributed by atoms with Crippen LogP contribution >= 0.6 is 0 Å². The third-order valence-corrected chi connectivity index (χ3v) is 3.29. The van der Waals surface area contributed by atoms with E-state index in [9.17, 15) is 8.42 Å². The van der Waals surface area contributed by atoms with E-state index < -0.39 is 9.84 Å². The van der Waals surface area contributed by atoms with Crippen LogP contribution in [0.15, 0.2) is 30.8 Å². The maximum Gasteiger partial charge on any atom is 0.147 e. The summed E-state index contributed by atoms with van der Waals surface area (Å²) in [5.74, 6) is 0.909. The average molecular weight is 254 g/mol. The number of benzene rings is 1. The molecule has 0 aliphatic carbocycles. The van der Waals surface area contributed by atoms with Crippen molar-refractivity contribution in [1.29, 1.82) is 0 Å². The Morgan fingerprint density at radius 1 is 1.41 bits per heavy atom. The van der Waals surface area contributed by atoms with E-state index in [1.807, 2.05) is 31.2 Å². The fourth-order valence-electron chi connectivity index (χ4n) is 1.36. The summed E-state index contributed by atoms with van der Waals surface area (Å²) in [6.07, 6.45) is 1.74. The molecule has 0 fully saturated rings. The van der Waals surface area contributed by atoms with Crippen LogP contribution in [-0.4, -0.2) is 27.0 Å². The van der Waals surface area contributed by atoms with Gasteiger partial charge in [-0.05, 0) is 31.0 Å². The Hall–Kier alpha value is -1.29. The van der Waals surface area contributed by atoms with Gasteiger partial charge in [-0.25, -0.2) is 8.42 Å². The molecule has 17 heavy (non-hydrogen) atoms. The zero-order valence-corrected chi connectivity index (χ0v) is 11.1. The molecule has 0 saturated heterocycles. The number of rotatable bonds is 6. The van der Waals surface area contributed by atoms with E-state index in [1.54, 1.807) is 0 Å². The summed E-state index contributed by atoms with van der Waals surface area (Å²) in [5.41, 5.74) is 2.01. The second kappa shape index (κ2) is 5.87. The summed E-state index contributed by atoms with van der Waals surface area (Å²) >= 11 is 0. The van der Waals surface area contributed by atoms with E-state index in [4.69, 9.17) is 4.74 Å². The predicted molar refractivity (Wildman–Crippen MR) is 71.0 cm³/mol. The minimum atomic E-state index is -2.89. The minimum Gasteiger partial charge on any atom is -0.494 e. The van der Waals surface area contributed by atoms with Crippen LogP contribution in [0.5, 0.6) is 5.75 Å². The summed E-state index contributed by atoms with van der Waals surface area (Å²) in [6, 6.07) is 7.62. The normalized spacial score (nSPS) is 11.2. The fourth-order valence-corrected chi connectivity index (χ4v) is 2.00. The topological polar surface area (TPSA) is 43.4 Å². The summed E-state index contributed by atoms with van der Waals surface area (Å²) < 4.78 is 27.3. The maximum atomic E-state index is 10.9. The molecule has 0 aliphatic heterocycles. The Labute approximate surface area is 103 Å². The Morgan fingerprint density at radius 3 is 2.71 bits per heavy atom. The van der Waals surface area contributed by atoms with Crippen molar-refractivity contribution in [1.82, 2.24) is 0 Å².